The first-order valence-electron chi connectivity index (χ1n) is 6.90. The lowest BCUT2D eigenvalue weighted by Gasteiger charge is -2.22. The van der Waals surface area contributed by atoms with E-state index in [1.807, 2.05) is 0 Å². The molecule has 92 valence electrons. The predicted molar refractivity (Wildman–Crippen MR) is 65.3 cm³/mol. The van der Waals surface area contributed by atoms with Gasteiger partial charge >= 0.3 is 0 Å². The van der Waals surface area contributed by atoms with Gasteiger partial charge in [0.2, 0.25) is 5.91 Å². The molecule has 1 aliphatic carbocycles. The smallest absolute Gasteiger partial charge is 0.237 e. The lowest BCUT2D eigenvalue weighted by molar-refractivity contribution is -0.123. The summed E-state index contributed by atoms with van der Waals surface area (Å²) in [4.78, 5) is 11.8. The average Bonchev–Trinajstić information content (AvgIpc) is 2.64. The average molecular weight is 224 g/mol. The number of carbonyl (C=O) groups excluding carboxylic acids is 1. The molecule has 3 heteroatoms. The van der Waals surface area contributed by atoms with E-state index < -0.39 is 0 Å². The van der Waals surface area contributed by atoms with Crippen molar-refractivity contribution in [3.05, 3.63) is 0 Å². The monoisotopic (exact) mass is 224 g/mol. The Balaban J connectivity index is 1.83. The zero-order valence-corrected chi connectivity index (χ0v) is 10.1. The maximum atomic E-state index is 11.8. The third-order valence-corrected chi connectivity index (χ3v) is 3.83. The molecule has 16 heavy (non-hydrogen) atoms. The topological polar surface area (TPSA) is 41.1 Å². The van der Waals surface area contributed by atoms with Crippen molar-refractivity contribution in [2.45, 2.75) is 69.9 Å². The minimum Gasteiger partial charge on any atom is -0.355 e. The van der Waals surface area contributed by atoms with Crippen LogP contribution in [0.15, 0.2) is 0 Å². The normalized spacial score (nSPS) is 29.2. The fourth-order valence-corrected chi connectivity index (χ4v) is 2.83. The molecule has 2 rings (SSSR count). The Bertz CT molecular complexity index is 222. The van der Waals surface area contributed by atoms with Crippen molar-refractivity contribution in [2.75, 3.05) is 6.54 Å². The zero-order valence-electron chi connectivity index (χ0n) is 10.1. The summed E-state index contributed by atoms with van der Waals surface area (Å²) in [6.07, 6.45) is 11.2. The first kappa shape index (κ1) is 11.9. The van der Waals surface area contributed by atoms with Crippen LogP contribution in [0.2, 0.25) is 0 Å². The third-order valence-electron chi connectivity index (χ3n) is 3.83. The van der Waals surface area contributed by atoms with Crippen LogP contribution < -0.4 is 10.6 Å². The van der Waals surface area contributed by atoms with Crippen molar-refractivity contribution < 1.29 is 4.79 Å². The van der Waals surface area contributed by atoms with Crippen molar-refractivity contribution in [3.8, 4) is 0 Å². The van der Waals surface area contributed by atoms with Crippen LogP contribution in [0.3, 0.4) is 0 Å². The van der Waals surface area contributed by atoms with Crippen molar-refractivity contribution in [1.82, 2.24) is 10.6 Å². The SMILES string of the molecule is O=C1NCCCC[C@@H]1NC1CCCCCC1. The summed E-state index contributed by atoms with van der Waals surface area (Å²) in [6, 6.07) is 0.655. The summed E-state index contributed by atoms with van der Waals surface area (Å²) in [6.45, 7) is 0.863. The summed E-state index contributed by atoms with van der Waals surface area (Å²) in [5, 5.41) is 6.57. The first-order chi connectivity index (χ1) is 7.86. The van der Waals surface area contributed by atoms with E-state index >= 15 is 0 Å². The van der Waals surface area contributed by atoms with Crippen LogP contribution in [0.4, 0.5) is 0 Å². The number of rotatable bonds is 2. The van der Waals surface area contributed by atoms with Gasteiger partial charge in [-0.2, -0.15) is 0 Å². The Kier molecular flexibility index (Phi) is 4.64. The summed E-state index contributed by atoms with van der Waals surface area (Å²) < 4.78 is 0. The largest absolute Gasteiger partial charge is 0.355 e. The molecule has 0 aromatic rings. The molecule has 1 heterocycles. The van der Waals surface area contributed by atoms with E-state index in [1.54, 1.807) is 0 Å². The molecule has 1 aliphatic heterocycles. The molecule has 0 spiro atoms. The van der Waals surface area contributed by atoms with Crippen LogP contribution in [0.25, 0.3) is 0 Å². The van der Waals surface area contributed by atoms with Gasteiger partial charge in [0.05, 0.1) is 6.04 Å². The predicted octanol–water partition coefficient (Wildman–Crippen LogP) is 1.97. The van der Waals surface area contributed by atoms with Crippen molar-refractivity contribution in [1.29, 1.82) is 0 Å². The molecule has 1 saturated heterocycles. The highest BCUT2D eigenvalue weighted by atomic mass is 16.2. The van der Waals surface area contributed by atoms with E-state index in [4.69, 9.17) is 0 Å². The number of hydrogen-bond acceptors (Lipinski definition) is 2. The van der Waals surface area contributed by atoms with Crippen molar-refractivity contribution >= 4 is 5.91 Å². The molecule has 0 bridgehead atoms. The number of amides is 1. The molecule has 1 amide bonds. The molecule has 0 unspecified atom stereocenters. The minimum absolute atomic E-state index is 0.0746. The number of hydrogen-bond donors (Lipinski definition) is 2. The van der Waals surface area contributed by atoms with E-state index in [1.165, 1.54) is 44.9 Å². The van der Waals surface area contributed by atoms with Gasteiger partial charge in [0.25, 0.3) is 0 Å². The van der Waals surface area contributed by atoms with E-state index in [9.17, 15) is 4.79 Å². The Morgan fingerprint density at radius 2 is 1.62 bits per heavy atom. The van der Waals surface area contributed by atoms with Gasteiger partial charge in [-0.05, 0) is 32.1 Å². The van der Waals surface area contributed by atoms with Crippen molar-refractivity contribution in [3.63, 3.8) is 0 Å². The van der Waals surface area contributed by atoms with Gasteiger partial charge in [0.1, 0.15) is 0 Å². The van der Waals surface area contributed by atoms with Gasteiger partial charge in [0.15, 0.2) is 0 Å². The van der Waals surface area contributed by atoms with Crippen LogP contribution in [0.5, 0.6) is 0 Å². The molecule has 1 atom stereocenters. The third kappa shape index (κ3) is 3.48. The van der Waals surface area contributed by atoms with E-state index in [-0.39, 0.29) is 11.9 Å². The second kappa shape index (κ2) is 6.24. The van der Waals surface area contributed by atoms with Crippen LogP contribution >= 0.6 is 0 Å². The van der Waals surface area contributed by atoms with Gasteiger partial charge in [-0.25, -0.2) is 0 Å². The van der Waals surface area contributed by atoms with Gasteiger partial charge in [0, 0.05) is 12.6 Å². The summed E-state index contributed by atoms with van der Waals surface area (Å²) in [5.74, 6) is 0.224. The molecule has 0 aromatic heterocycles. The molecular formula is C13H24N2O. The lowest BCUT2D eigenvalue weighted by atomic mass is 10.1. The molecule has 3 nitrogen and oxygen atoms in total. The Hall–Kier alpha value is -0.570. The highest BCUT2D eigenvalue weighted by molar-refractivity contribution is 5.81. The van der Waals surface area contributed by atoms with Gasteiger partial charge < -0.3 is 10.6 Å². The second-order valence-electron chi connectivity index (χ2n) is 5.19. The van der Waals surface area contributed by atoms with Crippen LogP contribution in [0, 0.1) is 0 Å². The molecule has 0 aromatic carbocycles. The van der Waals surface area contributed by atoms with Gasteiger partial charge in [-0.3, -0.25) is 4.79 Å². The first-order valence-corrected chi connectivity index (χ1v) is 6.90. The highest BCUT2D eigenvalue weighted by Crippen LogP contribution is 2.18. The summed E-state index contributed by atoms with van der Waals surface area (Å²) in [5.41, 5.74) is 0. The van der Waals surface area contributed by atoms with Gasteiger partial charge in [-0.15, -0.1) is 0 Å². The lowest BCUT2D eigenvalue weighted by Crippen LogP contribution is -2.47. The van der Waals surface area contributed by atoms with Crippen LogP contribution in [-0.4, -0.2) is 24.5 Å². The molecule has 2 N–H and O–H groups in total. The summed E-state index contributed by atoms with van der Waals surface area (Å²) >= 11 is 0. The van der Waals surface area contributed by atoms with E-state index in [0.29, 0.717) is 6.04 Å². The molecule has 2 fully saturated rings. The van der Waals surface area contributed by atoms with Crippen molar-refractivity contribution in [2.24, 2.45) is 0 Å². The summed E-state index contributed by atoms with van der Waals surface area (Å²) in [7, 11) is 0. The fourth-order valence-electron chi connectivity index (χ4n) is 2.83. The maximum Gasteiger partial charge on any atom is 0.237 e. The fraction of sp³-hybridized carbons (Fsp3) is 0.923. The highest BCUT2D eigenvalue weighted by Gasteiger charge is 2.23. The second-order valence-corrected chi connectivity index (χ2v) is 5.19. The minimum atomic E-state index is 0.0746. The Morgan fingerprint density at radius 1 is 0.938 bits per heavy atom. The Labute approximate surface area is 98.4 Å². The molecular weight excluding hydrogens is 200 g/mol. The van der Waals surface area contributed by atoms with E-state index in [2.05, 4.69) is 10.6 Å². The molecule has 0 radical (unpaired) electrons. The number of nitrogens with one attached hydrogen (secondary N) is 2. The zero-order chi connectivity index (χ0) is 11.2. The molecule has 1 saturated carbocycles. The standard InChI is InChI=1S/C13H24N2O/c16-13-12(9-5-6-10-14-13)15-11-7-3-1-2-4-8-11/h11-12,15H,1-10H2,(H,14,16)/t12-/m0/s1. The van der Waals surface area contributed by atoms with Gasteiger partial charge in [-0.1, -0.05) is 25.7 Å². The quantitative estimate of drug-likeness (QED) is 0.704. The maximum absolute atomic E-state index is 11.8. The van der Waals surface area contributed by atoms with E-state index in [0.717, 1.165) is 19.4 Å². The molecule has 2 aliphatic rings. The Morgan fingerprint density at radius 3 is 2.38 bits per heavy atom. The van der Waals surface area contributed by atoms with Crippen LogP contribution in [-0.2, 0) is 4.79 Å². The van der Waals surface area contributed by atoms with Crippen LogP contribution in [0.1, 0.15) is 57.8 Å². The number of carbonyl (C=O) groups is 1.